The fraction of sp³-hybridized carbons (Fsp3) is 0.348. The maximum atomic E-state index is 5.83. The van der Waals surface area contributed by atoms with Crippen molar-refractivity contribution in [1.29, 1.82) is 0 Å². The van der Waals surface area contributed by atoms with E-state index in [1.807, 2.05) is 47.1 Å². The predicted molar refractivity (Wildman–Crippen MR) is 119 cm³/mol. The van der Waals surface area contributed by atoms with Crippen molar-refractivity contribution >= 4 is 17.1 Å². The molecule has 4 rings (SSSR count). The molecule has 0 saturated heterocycles. The molecule has 156 valence electrons. The number of rotatable bonds is 9. The van der Waals surface area contributed by atoms with Crippen LogP contribution in [-0.2, 0) is 13.0 Å². The van der Waals surface area contributed by atoms with Gasteiger partial charge in [0.25, 0.3) is 0 Å². The van der Waals surface area contributed by atoms with Crippen LogP contribution in [0.25, 0.3) is 0 Å². The lowest BCUT2D eigenvalue weighted by molar-refractivity contribution is 0.387. The molecule has 1 aromatic heterocycles. The molecule has 1 saturated carbocycles. The second kappa shape index (κ2) is 8.83. The minimum absolute atomic E-state index is 0.449. The molecular formula is C23H25N3O3S. The van der Waals surface area contributed by atoms with Crippen LogP contribution in [0.4, 0.5) is 0 Å². The van der Waals surface area contributed by atoms with Gasteiger partial charge in [-0.05, 0) is 42.7 Å². The van der Waals surface area contributed by atoms with Crippen LogP contribution in [0.1, 0.15) is 41.5 Å². The second-order valence-electron chi connectivity index (χ2n) is 7.31. The summed E-state index contributed by atoms with van der Waals surface area (Å²) in [5.74, 6) is 4.39. The van der Waals surface area contributed by atoms with E-state index in [0.29, 0.717) is 23.7 Å². The predicted octanol–water partition coefficient (Wildman–Crippen LogP) is 4.19. The Hall–Kier alpha value is -2.93. The van der Waals surface area contributed by atoms with Crippen LogP contribution in [0.5, 0.6) is 17.2 Å². The monoisotopic (exact) mass is 423 g/mol. The summed E-state index contributed by atoms with van der Waals surface area (Å²) in [6.07, 6.45) is 2.77. The standard InChI is InChI=1S/C23H25N3O3S/c1-27-17-11-7-15(8-12-17)14-26-23(24-22(25-26)16-9-10-16)21(30)13-18-19(28-2)5-4-6-20(18)29-3/h4-8,11-12,16H,9-10,13-14H2,1-3H3. The van der Waals surface area contributed by atoms with Gasteiger partial charge in [-0.1, -0.05) is 30.4 Å². The van der Waals surface area contributed by atoms with Gasteiger partial charge in [-0.15, -0.1) is 0 Å². The highest BCUT2D eigenvalue weighted by molar-refractivity contribution is 7.80. The fourth-order valence-electron chi connectivity index (χ4n) is 3.44. The Morgan fingerprint density at radius 3 is 2.23 bits per heavy atom. The number of ether oxygens (including phenoxy) is 3. The third-order valence-electron chi connectivity index (χ3n) is 5.24. The van der Waals surface area contributed by atoms with Crippen molar-refractivity contribution in [2.75, 3.05) is 21.3 Å². The summed E-state index contributed by atoms with van der Waals surface area (Å²) in [6, 6.07) is 13.7. The van der Waals surface area contributed by atoms with Crippen LogP contribution in [0.15, 0.2) is 42.5 Å². The van der Waals surface area contributed by atoms with Gasteiger partial charge >= 0.3 is 0 Å². The Balaban J connectivity index is 1.63. The summed E-state index contributed by atoms with van der Waals surface area (Å²) in [4.78, 5) is 5.53. The molecule has 0 radical (unpaired) electrons. The highest BCUT2D eigenvalue weighted by atomic mass is 32.1. The first-order valence-electron chi connectivity index (χ1n) is 9.93. The molecule has 0 unspecified atom stereocenters. The molecule has 3 aromatic rings. The Labute approximate surface area is 181 Å². The SMILES string of the molecule is COc1ccc(Cn2nc(C3CC3)nc2C(=S)Cc2c(OC)cccc2OC)cc1. The van der Waals surface area contributed by atoms with E-state index in [4.69, 9.17) is 36.5 Å². The number of nitrogens with zero attached hydrogens (tertiary/aromatic N) is 3. The van der Waals surface area contributed by atoms with Gasteiger partial charge in [0.05, 0.1) is 32.7 Å². The molecule has 7 heteroatoms. The molecule has 6 nitrogen and oxygen atoms in total. The zero-order valence-electron chi connectivity index (χ0n) is 17.4. The second-order valence-corrected chi connectivity index (χ2v) is 7.81. The van der Waals surface area contributed by atoms with E-state index in [1.54, 1.807) is 21.3 Å². The van der Waals surface area contributed by atoms with Crippen LogP contribution in [0, 0.1) is 0 Å². The summed E-state index contributed by atoms with van der Waals surface area (Å²) < 4.78 is 18.2. The topological polar surface area (TPSA) is 58.4 Å². The molecule has 2 aromatic carbocycles. The smallest absolute Gasteiger partial charge is 0.165 e. The van der Waals surface area contributed by atoms with Crippen molar-refractivity contribution in [1.82, 2.24) is 14.8 Å². The van der Waals surface area contributed by atoms with Crippen molar-refractivity contribution < 1.29 is 14.2 Å². The van der Waals surface area contributed by atoms with Gasteiger partial charge in [-0.2, -0.15) is 5.10 Å². The van der Waals surface area contributed by atoms with E-state index in [-0.39, 0.29) is 0 Å². The van der Waals surface area contributed by atoms with Gasteiger partial charge in [-0.25, -0.2) is 9.67 Å². The van der Waals surface area contributed by atoms with E-state index < -0.39 is 0 Å². The molecule has 1 aliphatic carbocycles. The number of benzene rings is 2. The van der Waals surface area contributed by atoms with Crippen LogP contribution < -0.4 is 14.2 Å². The maximum absolute atomic E-state index is 5.83. The zero-order valence-corrected chi connectivity index (χ0v) is 18.2. The highest BCUT2D eigenvalue weighted by Gasteiger charge is 2.30. The van der Waals surface area contributed by atoms with Crippen LogP contribution in [0.3, 0.4) is 0 Å². The van der Waals surface area contributed by atoms with Gasteiger partial charge < -0.3 is 14.2 Å². The average Bonchev–Trinajstić information content (AvgIpc) is 3.54. The summed E-state index contributed by atoms with van der Waals surface area (Å²) in [5, 5.41) is 4.78. The quantitative estimate of drug-likeness (QED) is 0.380. The molecule has 30 heavy (non-hydrogen) atoms. The normalized spacial score (nSPS) is 13.2. The minimum Gasteiger partial charge on any atom is -0.497 e. The number of aromatic nitrogens is 3. The van der Waals surface area contributed by atoms with E-state index in [2.05, 4.69) is 0 Å². The fourth-order valence-corrected chi connectivity index (χ4v) is 3.73. The van der Waals surface area contributed by atoms with Crippen LogP contribution in [0.2, 0.25) is 0 Å². The maximum Gasteiger partial charge on any atom is 0.165 e. The molecule has 0 N–H and O–H groups in total. The van der Waals surface area contributed by atoms with Crippen LogP contribution >= 0.6 is 12.2 Å². The number of thiocarbonyl (C=S) groups is 1. The van der Waals surface area contributed by atoms with Crippen LogP contribution in [-0.4, -0.2) is 41.0 Å². The van der Waals surface area contributed by atoms with Gasteiger partial charge in [0.15, 0.2) is 11.6 Å². The van der Waals surface area contributed by atoms with E-state index in [0.717, 1.165) is 52.9 Å². The highest BCUT2D eigenvalue weighted by Crippen LogP contribution is 2.38. The summed E-state index contributed by atoms with van der Waals surface area (Å²) in [6.45, 7) is 0.599. The summed E-state index contributed by atoms with van der Waals surface area (Å²) in [7, 11) is 4.97. The summed E-state index contributed by atoms with van der Waals surface area (Å²) in [5.41, 5.74) is 2.03. The Morgan fingerprint density at radius 2 is 1.67 bits per heavy atom. The van der Waals surface area contributed by atoms with E-state index in [9.17, 15) is 0 Å². The molecular weight excluding hydrogens is 398 g/mol. The molecule has 0 spiro atoms. The lowest BCUT2D eigenvalue weighted by Crippen LogP contribution is -2.14. The van der Waals surface area contributed by atoms with Crippen molar-refractivity contribution in [3.8, 4) is 17.2 Å². The Bertz CT molecular complexity index is 1020. The van der Waals surface area contributed by atoms with Gasteiger partial charge in [-0.3, -0.25) is 0 Å². The lowest BCUT2D eigenvalue weighted by Gasteiger charge is -2.14. The van der Waals surface area contributed by atoms with Gasteiger partial charge in [0, 0.05) is 17.9 Å². The van der Waals surface area contributed by atoms with Crippen molar-refractivity contribution in [3.05, 3.63) is 65.2 Å². The van der Waals surface area contributed by atoms with Crippen molar-refractivity contribution in [2.45, 2.75) is 31.7 Å². The minimum atomic E-state index is 0.449. The zero-order chi connectivity index (χ0) is 21.1. The number of methoxy groups -OCH3 is 3. The lowest BCUT2D eigenvalue weighted by atomic mass is 10.1. The third-order valence-corrected chi connectivity index (χ3v) is 5.57. The molecule has 1 aliphatic rings. The molecule has 0 atom stereocenters. The molecule has 0 aliphatic heterocycles. The average molecular weight is 424 g/mol. The largest absolute Gasteiger partial charge is 0.497 e. The molecule has 0 bridgehead atoms. The first-order chi connectivity index (χ1) is 14.6. The molecule has 1 heterocycles. The first kappa shape index (κ1) is 20.3. The van der Waals surface area contributed by atoms with Crippen molar-refractivity contribution in [2.24, 2.45) is 0 Å². The first-order valence-corrected chi connectivity index (χ1v) is 10.3. The Kier molecular flexibility index (Phi) is 5.99. The number of hydrogen-bond acceptors (Lipinski definition) is 6. The van der Waals surface area contributed by atoms with E-state index in [1.165, 1.54) is 0 Å². The number of hydrogen-bond donors (Lipinski definition) is 0. The Morgan fingerprint density at radius 1 is 1.00 bits per heavy atom. The molecule has 1 fully saturated rings. The summed E-state index contributed by atoms with van der Waals surface area (Å²) >= 11 is 5.83. The molecule has 0 amide bonds. The third kappa shape index (κ3) is 4.31. The van der Waals surface area contributed by atoms with Crippen molar-refractivity contribution in [3.63, 3.8) is 0 Å². The van der Waals surface area contributed by atoms with Gasteiger partial charge in [0.1, 0.15) is 17.2 Å². The van der Waals surface area contributed by atoms with E-state index >= 15 is 0 Å². The van der Waals surface area contributed by atoms with Gasteiger partial charge in [0.2, 0.25) is 0 Å².